The van der Waals surface area contributed by atoms with E-state index >= 15 is 0 Å². The first-order chi connectivity index (χ1) is 8.20. The number of aryl methyl sites for hydroxylation is 1. The Bertz CT molecular complexity index is 477. The van der Waals surface area contributed by atoms with Crippen LogP contribution >= 0.6 is 11.3 Å². The number of anilines is 2. The van der Waals surface area contributed by atoms with Gasteiger partial charge < -0.3 is 11.1 Å². The van der Waals surface area contributed by atoms with Crippen molar-refractivity contribution >= 4 is 22.7 Å². The molecule has 1 atom stereocenters. The molecule has 0 saturated heterocycles. The van der Waals surface area contributed by atoms with E-state index in [1.54, 1.807) is 11.3 Å². The first-order valence-electron chi connectivity index (χ1n) is 5.86. The molecule has 17 heavy (non-hydrogen) atoms. The van der Waals surface area contributed by atoms with Gasteiger partial charge in [0, 0.05) is 16.3 Å². The summed E-state index contributed by atoms with van der Waals surface area (Å²) in [7, 11) is 0. The van der Waals surface area contributed by atoms with Crippen molar-refractivity contribution in [3.8, 4) is 0 Å². The lowest BCUT2D eigenvalue weighted by Crippen LogP contribution is -2.09. The average Bonchev–Trinajstić information content (AvgIpc) is 2.81. The van der Waals surface area contributed by atoms with Crippen molar-refractivity contribution in [1.82, 2.24) is 0 Å². The Morgan fingerprint density at radius 2 is 2.18 bits per heavy atom. The largest absolute Gasteiger partial charge is 0.399 e. The van der Waals surface area contributed by atoms with Gasteiger partial charge in [0.15, 0.2) is 0 Å². The first kappa shape index (κ1) is 12.0. The smallest absolute Gasteiger partial charge is 0.0604 e. The van der Waals surface area contributed by atoms with Gasteiger partial charge in [0.25, 0.3) is 0 Å². The maximum Gasteiger partial charge on any atom is 0.0604 e. The summed E-state index contributed by atoms with van der Waals surface area (Å²) in [6, 6.07) is 10.7. The van der Waals surface area contributed by atoms with Gasteiger partial charge in [-0.25, -0.2) is 0 Å². The van der Waals surface area contributed by atoms with Gasteiger partial charge >= 0.3 is 0 Å². The third-order valence-electron chi connectivity index (χ3n) is 2.88. The summed E-state index contributed by atoms with van der Waals surface area (Å²) in [5.74, 6) is 0. The van der Waals surface area contributed by atoms with Crippen LogP contribution in [0.5, 0.6) is 0 Å². The van der Waals surface area contributed by atoms with Crippen molar-refractivity contribution in [1.29, 1.82) is 0 Å². The van der Waals surface area contributed by atoms with Crippen molar-refractivity contribution in [2.24, 2.45) is 0 Å². The summed E-state index contributed by atoms with van der Waals surface area (Å²) in [4.78, 5) is 1.38. The van der Waals surface area contributed by atoms with Crippen LogP contribution in [-0.2, 0) is 0 Å². The van der Waals surface area contributed by atoms with Gasteiger partial charge in [-0.15, -0.1) is 11.3 Å². The molecular weight excluding hydrogens is 228 g/mol. The minimum absolute atomic E-state index is 0.386. The number of rotatable bonds is 4. The Morgan fingerprint density at radius 1 is 1.35 bits per heavy atom. The fraction of sp³-hybridized carbons (Fsp3) is 0.286. The highest BCUT2D eigenvalue weighted by Crippen LogP contribution is 2.28. The summed E-state index contributed by atoms with van der Waals surface area (Å²) in [5, 5.41) is 5.70. The quantitative estimate of drug-likeness (QED) is 0.793. The summed E-state index contributed by atoms with van der Waals surface area (Å²) < 4.78 is 0. The lowest BCUT2D eigenvalue weighted by Gasteiger charge is -2.18. The van der Waals surface area contributed by atoms with Crippen LogP contribution in [0, 0.1) is 6.92 Å². The minimum atomic E-state index is 0.386. The highest BCUT2D eigenvalue weighted by Gasteiger charge is 2.10. The molecule has 90 valence electrons. The van der Waals surface area contributed by atoms with Crippen LogP contribution in [-0.4, -0.2) is 0 Å². The number of nitrogens with two attached hydrogens (primary N) is 1. The van der Waals surface area contributed by atoms with Crippen LogP contribution in [0.4, 0.5) is 11.4 Å². The number of nitrogen functional groups attached to an aromatic ring is 1. The first-order valence-corrected chi connectivity index (χ1v) is 6.74. The van der Waals surface area contributed by atoms with E-state index in [9.17, 15) is 0 Å². The van der Waals surface area contributed by atoms with Gasteiger partial charge in [-0.2, -0.15) is 0 Å². The fourth-order valence-electron chi connectivity index (χ4n) is 1.90. The number of hydrogen-bond donors (Lipinski definition) is 2. The lowest BCUT2D eigenvalue weighted by molar-refractivity contribution is 0.763. The maximum atomic E-state index is 5.76. The molecule has 0 aliphatic rings. The van der Waals surface area contributed by atoms with Gasteiger partial charge in [-0.1, -0.05) is 13.0 Å². The Kier molecular flexibility index (Phi) is 3.69. The molecule has 1 aromatic heterocycles. The van der Waals surface area contributed by atoms with E-state index in [4.69, 9.17) is 5.73 Å². The highest BCUT2D eigenvalue weighted by molar-refractivity contribution is 7.10. The maximum absolute atomic E-state index is 5.76. The second-order valence-electron chi connectivity index (χ2n) is 4.19. The van der Waals surface area contributed by atoms with Gasteiger partial charge in [0.1, 0.15) is 0 Å². The summed E-state index contributed by atoms with van der Waals surface area (Å²) >= 11 is 1.80. The molecule has 2 nitrogen and oxygen atoms in total. The highest BCUT2D eigenvalue weighted by atomic mass is 32.1. The molecule has 2 aromatic rings. The monoisotopic (exact) mass is 246 g/mol. The zero-order valence-corrected chi connectivity index (χ0v) is 11.1. The second kappa shape index (κ2) is 5.23. The van der Waals surface area contributed by atoms with E-state index in [0.29, 0.717) is 6.04 Å². The second-order valence-corrected chi connectivity index (χ2v) is 5.17. The summed E-state index contributed by atoms with van der Waals surface area (Å²) in [6.07, 6.45) is 1.07. The fourth-order valence-corrected chi connectivity index (χ4v) is 2.76. The molecule has 0 aliphatic heterocycles. The molecule has 1 heterocycles. The third kappa shape index (κ3) is 2.80. The minimum Gasteiger partial charge on any atom is -0.399 e. The predicted molar refractivity (Wildman–Crippen MR) is 76.6 cm³/mol. The molecule has 0 saturated carbocycles. The number of benzene rings is 1. The van der Waals surface area contributed by atoms with E-state index in [2.05, 4.69) is 42.7 Å². The zero-order chi connectivity index (χ0) is 12.3. The van der Waals surface area contributed by atoms with Crippen molar-refractivity contribution < 1.29 is 0 Å². The molecular formula is C14H18N2S. The van der Waals surface area contributed by atoms with Crippen molar-refractivity contribution in [2.75, 3.05) is 11.1 Å². The number of thiophene rings is 1. The Balaban J connectivity index is 2.19. The molecule has 1 unspecified atom stereocenters. The van der Waals surface area contributed by atoms with E-state index < -0.39 is 0 Å². The Morgan fingerprint density at radius 3 is 2.76 bits per heavy atom. The summed E-state index contributed by atoms with van der Waals surface area (Å²) in [5.41, 5.74) is 8.94. The molecule has 0 fully saturated rings. The molecule has 1 aromatic carbocycles. The van der Waals surface area contributed by atoms with Gasteiger partial charge in [0.05, 0.1) is 6.04 Å². The van der Waals surface area contributed by atoms with Crippen LogP contribution in [0.25, 0.3) is 0 Å². The molecule has 0 radical (unpaired) electrons. The van der Waals surface area contributed by atoms with E-state index in [1.807, 2.05) is 12.1 Å². The number of hydrogen-bond acceptors (Lipinski definition) is 3. The van der Waals surface area contributed by atoms with Gasteiger partial charge in [-0.3, -0.25) is 0 Å². The molecule has 2 rings (SSSR count). The molecule has 0 bridgehead atoms. The number of nitrogens with one attached hydrogen (secondary N) is 1. The van der Waals surface area contributed by atoms with Crippen LogP contribution in [0.15, 0.2) is 35.7 Å². The van der Waals surface area contributed by atoms with Crippen LogP contribution < -0.4 is 11.1 Å². The van der Waals surface area contributed by atoms with E-state index in [1.165, 1.54) is 16.1 Å². The average molecular weight is 246 g/mol. The van der Waals surface area contributed by atoms with E-state index in [-0.39, 0.29) is 0 Å². The normalized spacial score (nSPS) is 12.4. The molecule has 0 aliphatic carbocycles. The van der Waals surface area contributed by atoms with Crippen molar-refractivity contribution in [2.45, 2.75) is 26.3 Å². The van der Waals surface area contributed by atoms with Crippen LogP contribution in [0.1, 0.15) is 29.8 Å². The van der Waals surface area contributed by atoms with Crippen molar-refractivity contribution in [3.63, 3.8) is 0 Å². The molecule has 3 heteroatoms. The topological polar surface area (TPSA) is 38.0 Å². The van der Waals surface area contributed by atoms with Gasteiger partial charge in [-0.05, 0) is 48.6 Å². The third-order valence-corrected chi connectivity index (χ3v) is 3.86. The Labute approximate surface area is 106 Å². The lowest BCUT2D eigenvalue weighted by atomic mass is 10.1. The predicted octanol–water partition coefficient (Wildman–Crippen LogP) is 4.20. The SMILES string of the molecule is CCC(Nc1ccc(N)cc1C)c1cccs1. The molecule has 0 spiro atoms. The molecule has 3 N–H and O–H groups in total. The molecule has 0 amide bonds. The van der Waals surface area contributed by atoms with E-state index in [0.717, 1.165) is 12.1 Å². The standard InChI is InChI=1S/C14H18N2S/c1-3-12(14-5-4-8-17-14)16-13-7-6-11(15)9-10(13)2/h4-9,12,16H,3,15H2,1-2H3. The van der Waals surface area contributed by atoms with Crippen LogP contribution in [0.3, 0.4) is 0 Å². The van der Waals surface area contributed by atoms with Crippen molar-refractivity contribution in [3.05, 3.63) is 46.2 Å². The zero-order valence-electron chi connectivity index (χ0n) is 10.2. The van der Waals surface area contributed by atoms with Crippen LogP contribution in [0.2, 0.25) is 0 Å². The van der Waals surface area contributed by atoms with Gasteiger partial charge in [0.2, 0.25) is 0 Å². The Hall–Kier alpha value is -1.48. The summed E-state index contributed by atoms with van der Waals surface area (Å²) in [6.45, 7) is 4.28.